The van der Waals surface area contributed by atoms with Crippen LogP contribution >= 0.6 is 0 Å². The lowest BCUT2D eigenvalue weighted by Gasteiger charge is -2.28. The molecule has 6 N–H and O–H groups in total. The molecule has 0 saturated carbocycles. The summed E-state index contributed by atoms with van der Waals surface area (Å²) in [4.78, 5) is 35.6. The topological polar surface area (TPSA) is 195 Å². The zero-order valence-electron chi connectivity index (χ0n) is 14.4. The van der Waals surface area contributed by atoms with Crippen LogP contribution in [0.2, 0.25) is 0 Å². The van der Waals surface area contributed by atoms with Crippen molar-refractivity contribution >= 4 is 24.9 Å². The van der Waals surface area contributed by atoms with Crippen LogP contribution in [-0.2, 0) is 29.0 Å². The molecule has 1 unspecified atom stereocenters. The van der Waals surface area contributed by atoms with Crippen molar-refractivity contribution in [3.63, 3.8) is 0 Å². The Hall–Kier alpha value is -3.52. The van der Waals surface area contributed by atoms with E-state index < -0.39 is 30.8 Å². The normalized spacial score (nSPS) is 15.4. The third-order valence-electron chi connectivity index (χ3n) is 3.95. The molecule has 0 bridgehead atoms. The molecular formula is C14H16BN7O6. The number of rotatable bonds is 6. The first-order valence-electron chi connectivity index (χ1n) is 8.12. The van der Waals surface area contributed by atoms with Crippen LogP contribution in [0.15, 0.2) is 18.2 Å². The number of carbonyl (C=O) groups is 3. The number of carboxylic acids is 1. The summed E-state index contributed by atoms with van der Waals surface area (Å²) in [5, 5.41) is 33.1. The fourth-order valence-corrected chi connectivity index (χ4v) is 2.71. The maximum Gasteiger partial charge on any atom is 0.547 e. The molecule has 146 valence electrons. The standard InChI is InChI=1S/C14H16BN7O6/c16-18-12(24)6-22-20-10(19-21-22)5-11(23)17-9-4-7-2-1-3-8(14(25)26)13(7)28-15(9)27/h1-3,9,27H,4-6,16H2,(H,17,23)(H,18,24)(H,25,26). The summed E-state index contributed by atoms with van der Waals surface area (Å²) in [6, 6.07) is 4.58. The lowest BCUT2D eigenvalue weighted by molar-refractivity contribution is -0.122. The predicted octanol–water partition coefficient (Wildman–Crippen LogP) is -2.96. The van der Waals surface area contributed by atoms with E-state index in [0.717, 1.165) is 4.80 Å². The number of aromatic nitrogens is 4. The molecule has 2 amide bonds. The largest absolute Gasteiger partial charge is 0.547 e. The van der Waals surface area contributed by atoms with Crippen molar-refractivity contribution in [1.82, 2.24) is 30.9 Å². The highest BCUT2D eigenvalue weighted by Crippen LogP contribution is 2.30. The van der Waals surface area contributed by atoms with E-state index in [1.165, 1.54) is 6.07 Å². The third-order valence-corrected chi connectivity index (χ3v) is 3.95. The van der Waals surface area contributed by atoms with Gasteiger partial charge in [-0.25, -0.2) is 10.6 Å². The molecule has 2 heterocycles. The monoisotopic (exact) mass is 389 g/mol. The maximum atomic E-state index is 12.2. The van der Waals surface area contributed by atoms with Crippen molar-refractivity contribution in [3.8, 4) is 5.75 Å². The van der Waals surface area contributed by atoms with Crippen LogP contribution < -0.4 is 21.2 Å². The van der Waals surface area contributed by atoms with Crippen LogP contribution in [-0.4, -0.2) is 61.2 Å². The van der Waals surface area contributed by atoms with Gasteiger partial charge in [-0.05, 0) is 23.3 Å². The summed E-state index contributed by atoms with van der Waals surface area (Å²) in [6.45, 7) is -0.247. The molecule has 3 rings (SSSR count). The molecule has 0 aliphatic carbocycles. The smallest absolute Gasteiger partial charge is 0.534 e. The van der Waals surface area contributed by atoms with Crippen molar-refractivity contribution in [1.29, 1.82) is 0 Å². The summed E-state index contributed by atoms with van der Waals surface area (Å²) in [7, 11) is -1.42. The van der Waals surface area contributed by atoms with E-state index in [4.69, 9.17) is 10.5 Å². The van der Waals surface area contributed by atoms with Gasteiger partial charge in [-0.1, -0.05) is 12.1 Å². The molecule has 1 aliphatic rings. The number of hydrogen-bond acceptors (Lipinski definition) is 9. The first-order valence-corrected chi connectivity index (χ1v) is 8.12. The first kappa shape index (κ1) is 19.3. The van der Waals surface area contributed by atoms with Gasteiger partial charge in [0.15, 0.2) is 5.82 Å². The van der Waals surface area contributed by atoms with Gasteiger partial charge in [0.05, 0.1) is 17.9 Å². The van der Waals surface area contributed by atoms with Crippen molar-refractivity contribution in [2.24, 2.45) is 5.84 Å². The number of nitrogens with zero attached hydrogens (tertiary/aromatic N) is 4. The lowest BCUT2D eigenvalue weighted by atomic mass is 9.72. The molecule has 0 spiro atoms. The second-order valence-corrected chi connectivity index (χ2v) is 5.97. The highest BCUT2D eigenvalue weighted by molar-refractivity contribution is 6.47. The van der Waals surface area contributed by atoms with Gasteiger partial charge in [0.1, 0.15) is 12.3 Å². The van der Waals surface area contributed by atoms with E-state index in [1.807, 2.05) is 5.43 Å². The number of carboxylic acid groups (broad SMARTS) is 1. The summed E-state index contributed by atoms with van der Waals surface area (Å²) in [6.07, 6.45) is -0.0599. The van der Waals surface area contributed by atoms with Crippen molar-refractivity contribution < 1.29 is 29.2 Å². The Morgan fingerprint density at radius 1 is 1.36 bits per heavy atom. The van der Waals surface area contributed by atoms with Crippen LogP contribution in [0.3, 0.4) is 0 Å². The number of amides is 2. The highest BCUT2D eigenvalue weighted by Gasteiger charge is 2.37. The number of hydrogen-bond donors (Lipinski definition) is 5. The number of aromatic carboxylic acids is 1. The van der Waals surface area contributed by atoms with Gasteiger partial charge in [-0.2, -0.15) is 4.80 Å². The minimum atomic E-state index is -1.42. The lowest BCUT2D eigenvalue weighted by Crippen LogP contribution is -2.53. The van der Waals surface area contributed by atoms with Crippen molar-refractivity contribution in [2.45, 2.75) is 25.3 Å². The number of fused-ring (bicyclic) bond motifs is 1. The van der Waals surface area contributed by atoms with Crippen molar-refractivity contribution in [3.05, 3.63) is 35.2 Å². The van der Waals surface area contributed by atoms with E-state index in [-0.39, 0.29) is 36.5 Å². The molecule has 13 nitrogen and oxygen atoms in total. The molecule has 1 atom stereocenters. The number of nitrogens with one attached hydrogen (secondary N) is 2. The summed E-state index contributed by atoms with van der Waals surface area (Å²) >= 11 is 0. The van der Waals surface area contributed by atoms with Gasteiger partial charge >= 0.3 is 13.1 Å². The number of carbonyl (C=O) groups excluding carboxylic acids is 2. The van der Waals surface area contributed by atoms with E-state index in [2.05, 4.69) is 20.7 Å². The average molecular weight is 389 g/mol. The molecular weight excluding hydrogens is 373 g/mol. The number of para-hydroxylation sites is 1. The minimum Gasteiger partial charge on any atom is -0.534 e. The third kappa shape index (κ3) is 4.24. The molecule has 0 fully saturated rings. The van der Waals surface area contributed by atoms with Crippen LogP contribution in [0.5, 0.6) is 5.75 Å². The predicted molar refractivity (Wildman–Crippen MR) is 91.5 cm³/mol. The molecule has 2 aromatic rings. The quantitative estimate of drug-likeness (QED) is 0.147. The zero-order chi connectivity index (χ0) is 20.3. The average Bonchev–Trinajstić information content (AvgIpc) is 3.08. The van der Waals surface area contributed by atoms with Crippen LogP contribution in [0.1, 0.15) is 21.7 Å². The SMILES string of the molecule is NNC(=O)Cn1nnc(CC(=O)NC2Cc3cccc(C(=O)O)c3OB2O)n1. The summed E-state index contributed by atoms with van der Waals surface area (Å²) in [5.74, 6) is 2.11. The fourth-order valence-electron chi connectivity index (χ4n) is 2.71. The number of tetrazole rings is 1. The van der Waals surface area contributed by atoms with Gasteiger partial charge in [-0.15, -0.1) is 10.2 Å². The number of hydrazine groups is 1. The molecule has 14 heteroatoms. The summed E-state index contributed by atoms with van der Waals surface area (Å²) < 4.78 is 5.30. The Bertz CT molecular complexity index is 919. The highest BCUT2D eigenvalue weighted by atomic mass is 16.5. The molecule has 0 saturated heterocycles. The molecule has 28 heavy (non-hydrogen) atoms. The Kier molecular flexibility index (Phi) is 5.51. The van der Waals surface area contributed by atoms with Gasteiger partial charge in [-0.3, -0.25) is 15.0 Å². The van der Waals surface area contributed by atoms with E-state index in [9.17, 15) is 24.5 Å². The van der Waals surface area contributed by atoms with Gasteiger partial charge in [0.2, 0.25) is 5.91 Å². The summed E-state index contributed by atoms with van der Waals surface area (Å²) in [5.41, 5.74) is 2.40. The second-order valence-electron chi connectivity index (χ2n) is 5.97. The second kappa shape index (κ2) is 8.02. The van der Waals surface area contributed by atoms with Gasteiger partial charge < -0.3 is 20.1 Å². The van der Waals surface area contributed by atoms with Crippen LogP contribution in [0.4, 0.5) is 0 Å². The molecule has 1 aliphatic heterocycles. The van der Waals surface area contributed by atoms with Crippen molar-refractivity contribution in [2.75, 3.05) is 0 Å². The Morgan fingerprint density at radius 2 is 2.14 bits per heavy atom. The molecule has 1 aromatic heterocycles. The fraction of sp³-hybridized carbons (Fsp3) is 0.286. The maximum absolute atomic E-state index is 12.2. The van der Waals surface area contributed by atoms with Gasteiger partial charge in [0.25, 0.3) is 5.91 Å². The van der Waals surface area contributed by atoms with E-state index >= 15 is 0 Å². The van der Waals surface area contributed by atoms with Crippen LogP contribution in [0.25, 0.3) is 0 Å². The Labute approximate surface area is 158 Å². The first-order chi connectivity index (χ1) is 13.4. The number of benzene rings is 1. The molecule has 0 radical (unpaired) electrons. The van der Waals surface area contributed by atoms with Gasteiger partial charge in [0, 0.05) is 0 Å². The Morgan fingerprint density at radius 3 is 2.86 bits per heavy atom. The minimum absolute atomic E-state index is 0.0661. The van der Waals surface area contributed by atoms with Crippen LogP contribution in [0, 0.1) is 0 Å². The van der Waals surface area contributed by atoms with E-state index in [1.54, 1.807) is 12.1 Å². The number of nitrogens with two attached hydrogens (primary N) is 1. The molecule has 1 aromatic carbocycles. The van der Waals surface area contributed by atoms with E-state index in [0.29, 0.717) is 5.56 Å². The zero-order valence-corrected chi connectivity index (χ0v) is 14.4. The Balaban J connectivity index is 1.63.